The van der Waals surface area contributed by atoms with E-state index in [4.69, 9.17) is 9.84 Å². The molecule has 0 aromatic carbocycles. The van der Waals surface area contributed by atoms with E-state index in [1.807, 2.05) is 0 Å². The molecule has 106 valence electrons. The van der Waals surface area contributed by atoms with Crippen LogP contribution in [0.1, 0.15) is 22.5 Å². The molecule has 0 spiro atoms. The summed E-state index contributed by atoms with van der Waals surface area (Å²) in [4.78, 5) is 10.8. The van der Waals surface area contributed by atoms with E-state index < -0.39 is 16.0 Å². The van der Waals surface area contributed by atoms with Gasteiger partial charge >= 0.3 is 5.97 Å². The van der Waals surface area contributed by atoms with Crippen LogP contribution < -0.4 is 0 Å². The fourth-order valence-corrected chi connectivity index (χ4v) is 4.71. The molecule has 0 bridgehead atoms. The van der Waals surface area contributed by atoms with E-state index in [1.54, 1.807) is 0 Å². The normalized spacial score (nSPS) is 17.8. The van der Waals surface area contributed by atoms with Crippen LogP contribution in [0.5, 0.6) is 0 Å². The Hall–Kier alpha value is -0.960. The number of carboxylic acids is 1. The molecule has 1 saturated heterocycles. The molecular weight excluding hydrogens is 290 g/mol. The highest BCUT2D eigenvalue weighted by atomic mass is 32.2. The van der Waals surface area contributed by atoms with E-state index in [-0.39, 0.29) is 15.1 Å². The highest BCUT2D eigenvalue weighted by molar-refractivity contribution is 7.91. The van der Waals surface area contributed by atoms with Crippen molar-refractivity contribution >= 4 is 27.3 Å². The lowest BCUT2D eigenvalue weighted by Gasteiger charge is -2.29. The predicted molar refractivity (Wildman–Crippen MR) is 70.1 cm³/mol. The minimum Gasteiger partial charge on any atom is -0.477 e. The predicted octanol–water partition coefficient (Wildman–Crippen LogP) is 1.25. The highest BCUT2D eigenvalue weighted by Gasteiger charge is 2.30. The fraction of sp³-hybridized carbons (Fsp3) is 0.545. The number of hydrogen-bond donors (Lipinski definition) is 1. The maximum Gasteiger partial charge on any atom is 0.345 e. The molecule has 1 N–H and O–H groups in total. The number of ether oxygens (including phenoxy) is 1. The van der Waals surface area contributed by atoms with Gasteiger partial charge in [0, 0.05) is 26.3 Å². The lowest BCUT2D eigenvalue weighted by molar-refractivity contribution is 0.0632. The van der Waals surface area contributed by atoms with Crippen LogP contribution in [0.15, 0.2) is 16.3 Å². The standard InChI is InChI=1S/C11H15NO5S2/c1-12(8-4-6-17-7-5-8)19(15,16)10-3-2-9(18-10)11(13)14/h2-3,8H,4-7H2,1H3,(H,13,14). The van der Waals surface area contributed by atoms with E-state index in [0.29, 0.717) is 26.1 Å². The number of carbonyl (C=O) groups is 1. The summed E-state index contributed by atoms with van der Waals surface area (Å²) in [6.45, 7) is 1.10. The second-order valence-electron chi connectivity index (χ2n) is 4.29. The largest absolute Gasteiger partial charge is 0.477 e. The summed E-state index contributed by atoms with van der Waals surface area (Å²) in [7, 11) is -2.09. The van der Waals surface area contributed by atoms with Gasteiger partial charge in [0.25, 0.3) is 10.0 Å². The van der Waals surface area contributed by atoms with Crippen LogP contribution in [0.25, 0.3) is 0 Å². The Bertz CT molecular complexity index is 559. The van der Waals surface area contributed by atoms with Crippen molar-refractivity contribution in [3.05, 3.63) is 17.0 Å². The first-order valence-corrected chi connectivity index (χ1v) is 8.07. The van der Waals surface area contributed by atoms with Gasteiger partial charge in [-0.25, -0.2) is 13.2 Å². The number of sulfonamides is 1. The van der Waals surface area contributed by atoms with Gasteiger partial charge in [0.1, 0.15) is 9.09 Å². The maximum atomic E-state index is 12.4. The van der Waals surface area contributed by atoms with Crippen LogP contribution in [0.4, 0.5) is 0 Å². The van der Waals surface area contributed by atoms with Crippen LogP contribution in [0.2, 0.25) is 0 Å². The number of nitrogens with zero attached hydrogens (tertiary/aromatic N) is 1. The van der Waals surface area contributed by atoms with Gasteiger partial charge in [0.05, 0.1) is 0 Å². The number of thiophene rings is 1. The van der Waals surface area contributed by atoms with Crippen LogP contribution in [-0.4, -0.2) is 50.1 Å². The number of carboxylic acid groups (broad SMARTS) is 1. The van der Waals surface area contributed by atoms with Crippen LogP contribution in [0, 0.1) is 0 Å². The van der Waals surface area contributed by atoms with Gasteiger partial charge in [-0.3, -0.25) is 0 Å². The monoisotopic (exact) mass is 305 g/mol. The van der Waals surface area contributed by atoms with Crippen LogP contribution in [0.3, 0.4) is 0 Å². The SMILES string of the molecule is CN(C1CCOCC1)S(=O)(=O)c1ccc(C(=O)O)s1. The smallest absolute Gasteiger partial charge is 0.345 e. The molecule has 19 heavy (non-hydrogen) atoms. The average Bonchev–Trinajstić information content (AvgIpc) is 2.89. The zero-order valence-corrected chi connectivity index (χ0v) is 12.0. The molecular formula is C11H15NO5S2. The van der Waals surface area contributed by atoms with Gasteiger partial charge in [-0.05, 0) is 25.0 Å². The van der Waals surface area contributed by atoms with Crippen molar-refractivity contribution in [3.63, 3.8) is 0 Å². The Balaban J connectivity index is 2.22. The second kappa shape index (κ2) is 5.58. The first kappa shape index (κ1) is 14.4. The Labute approximate surface area is 115 Å². The lowest BCUT2D eigenvalue weighted by atomic mass is 10.1. The molecule has 8 heteroatoms. The number of aromatic carboxylic acids is 1. The number of rotatable bonds is 4. The lowest BCUT2D eigenvalue weighted by Crippen LogP contribution is -2.40. The molecule has 0 radical (unpaired) electrons. The Morgan fingerprint density at radius 1 is 1.42 bits per heavy atom. The molecule has 1 fully saturated rings. The van der Waals surface area contributed by atoms with E-state index in [2.05, 4.69) is 0 Å². The Morgan fingerprint density at radius 3 is 2.58 bits per heavy atom. The molecule has 1 aromatic rings. The van der Waals surface area contributed by atoms with Gasteiger partial charge in [0.2, 0.25) is 0 Å². The second-order valence-corrected chi connectivity index (χ2v) is 7.60. The molecule has 6 nitrogen and oxygen atoms in total. The van der Waals surface area contributed by atoms with Gasteiger partial charge in [-0.15, -0.1) is 11.3 Å². The zero-order chi connectivity index (χ0) is 14.0. The molecule has 1 aromatic heterocycles. The van der Waals surface area contributed by atoms with Gasteiger partial charge in [-0.1, -0.05) is 0 Å². The summed E-state index contributed by atoms with van der Waals surface area (Å²) in [5.74, 6) is -1.11. The van der Waals surface area contributed by atoms with Crippen molar-refractivity contribution in [2.24, 2.45) is 0 Å². The summed E-state index contributed by atoms with van der Waals surface area (Å²) in [6.07, 6.45) is 1.32. The summed E-state index contributed by atoms with van der Waals surface area (Å²) in [5.41, 5.74) is 0. The molecule has 0 aliphatic carbocycles. The summed E-state index contributed by atoms with van der Waals surface area (Å²) in [5, 5.41) is 8.84. The van der Waals surface area contributed by atoms with Gasteiger partial charge in [-0.2, -0.15) is 4.31 Å². The highest BCUT2D eigenvalue weighted by Crippen LogP contribution is 2.27. The molecule has 0 amide bonds. The van der Waals surface area contributed by atoms with Crippen LogP contribution >= 0.6 is 11.3 Å². The van der Waals surface area contributed by atoms with Crippen molar-refractivity contribution in [3.8, 4) is 0 Å². The summed E-state index contributed by atoms with van der Waals surface area (Å²) < 4.78 is 31.3. The average molecular weight is 305 g/mol. The fourth-order valence-electron chi connectivity index (χ4n) is 1.96. The first-order valence-electron chi connectivity index (χ1n) is 5.82. The van der Waals surface area contributed by atoms with E-state index >= 15 is 0 Å². The molecule has 2 heterocycles. The quantitative estimate of drug-likeness (QED) is 0.905. The molecule has 2 rings (SSSR count). The Morgan fingerprint density at radius 2 is 2.05 bits per heavy atom. The molecule has 0 unspecified atom stereocenters. The van der Waals surface area contributed by atoms with Gasteiger partial charge in [0.15, 0.2) is 0 Å². The minimum atomic E-state index is -3.62. The van der Waals surface area contributed by atoms with Crippen LogP contribution in [-0.2, 0) is 14.8 Å². The topological polar surface area (TPSA) is 83.9 Å². The van der Waals surface area contributed by atoms with Gasteiger partial charge < -0.3 is 9.84 Å². The third-order valence-corrected chi connectivity index (χ3v) is 6.58. The van der Waals surface area contributed by atoms with Crippen molar-refractivity contribution in [2.45, 2.75) is 23.1 Å². The Kier molecular flexibility index (Phi) is 4.24. The zero-order valence-electron chi connectivity index (χ0n) is 10.4. The van der Waals surface area contributed by atoms with Crippen molar-refractivity contribution in [1.82, 2.24) is 4.31 Å². The third-order valence-electron chi connectivity index (χ3n) is 3.13. The van der Waals surface area contributed by atoms with Crippen molar-refractivity contribution < 1.29 is 23.1 Å². The first-order chi connectivity index (χ1) is 8.93. The summed E-state index contributed by atoms with van der Waals surface area (Å²) in [6, 6.07) is 2.57. The van der Waals surface area contributed by atoms with Crippen molar-refractivity contribution in [1.29, 1.82) is 0 Å². The van der Waals surface area contributed by atoms with E-state index in [1.165, 1.54) is 23.5 Å². The molecule has 0 atom stereocenters. The van der Waals surface area contributed by atoms with E-state index in [9.17, 15) is 13.2 Å². The minimum absolute atomic E-state index is 0.0268. The van der Waals surface area contributed by atoms with Crippen molar-refractivity contribution in [2.75, 3.05) is 20.3 Å². The number of hydrogen-bond acceptors (Lipinski definition) is 5. The van der Waals surface area contributed by atoms with E-state index in [0.717, 1.165) is 11.3 Å². The third kappa shape index (κ3) is 2.97. The molecule has 1 aliphatic rings. The maximum absolute atomic E-state index is 12.4. The summed E-state index contributed by atoms with van der Waals surface area (Å²) >= 11 is 0.780. The molecule has 1 aliphatic heterocycles. The molecule has 0 saturated carbocycles.